The van der Waals surface area contributed by atoms with Crippen molar-refractivity contribution in [3.8, 4) is 0 Å². The molecule has 2 rings (SSSR count). The molecule has 0 aliphatic rings. The van der Waals surface area contributed by atoms with Gasteiger partial charge in [-0.1, -0.05) is 23.7 Å². The Morgan fingerprint density at radius 1 is 1.15 bits per heavy atom. The van der Waals surface area contributed by atoms with E-state index in [1.54, 1.807) is 0 Å². The first-order valence-electron chi connectivity index (χ1n) is 8.68. The van der Waals surface area contributed by atoms with Crippen molar-refractivity contribution in [2.75, 3.05) is 32.1 Å². The Morgan fingerprint density at radius 2 is 1.85 bits per heavy atom. The molecular formula is C21H26ClN3O. The number of Topliss-reactive ketones (excluding diaryl/α,β-unsaturated/α-hetero) is 1. The van der Waals surface area contributed by atoms with Crippen LogP contribution in [0.5, 0.6) is 0 Å². The maximum Gasteiger partial charge on any atom is 0.182 e. The molecule has 0 saturated carbocycles. The first-order valence-corrected chi connectivity index (χ1v) is 9.05. The van der Waals surface area contributed by atoms with Crippen molar-refractivity contribution in [3.05, 3.63) is 58.1 Å². The van der Waals surface area contributed by atoms with Crippen LogP contribution in [0.25, 0.3) is 0 Å². The molecule has 2 aromatic rings. The van der Waals surface area contributed by atoms with Crippen LogP contribution in [0.15, 0.2) is 41.4 Å². The predicted octanol–water partition coefficient (Wildman–Crippen LogP) is 4.89. The summed E-state index contributed by atoms with van der Waals surface area (Å²) in [6.07, 6.45) is 1.81. The Bertz CT molecular complexity index is 817. The fraction of sp³-hybridized carbons (Fsp3) is 0.333. The molecule has 4 nitrogen and oxygen atoms in total. The van der Waals surface area contributed by atoms with Crippen molar-refractivity contribution in [2.45, 2.75) is 20.8 Å². The number of anilines is 1. The molecule has 138 valence electrons. The molecule has 0 aliphatic carbocycles. The lowest BCUT2D eigenvalue weighted by molar-refractivity contribution is 0.0999. The van der Waals surface area contributed by atoms with E-state index in [0.717, 1.165) is 34.6 Å². The minimum Gasteiger partial charge on any atom is -0.366 e. The molecule has 0 fully saturated rings. The molecule has 0 saturated heterocycles. The van der Waals surface area contributed by atoms with Gasteiger partial charge in [-0.3, -0.25) is 4.79 Å². The number of para-hydroxylation sites is 1. The smallest absolute Gasteiger partial charge is 0.182 e. The highest BCUT2D eigenvalue weighted by atomic mass is 35.5. The Morgan fingerprint density at radius 3 is 2.50 bits per heavy atom. The molecule has 0 spiro atoms. The number of hydrogen-bond acceptors (Lipinski definition) is 3. The summed E-state index contributed by atoms with van der Waals surface area (Å²) >= 11 is 6.23. The van der Waals surface area contributed by atoms with Gasteiger partial charge in [-0.15, -0.1) is 0 Å². The topological polar surface area (TPSA) is 35.9 Å². The van der Waals surface area contributed by atoms with Crippen molar-refractivity contribution in [2.24, 2.45) is 4.99 Å². The Hall–Kier alpha value is -2.33. The predicted molar refractivity (Wildman–Crippen MR) is 111 cm³/mol. The van der Waals surface area contributed by atoms with Gasteiger partial charge in [-0.2, -0.15) is 0 Å². The van der Waals surface area contributed by atoms with Gasteiger partial charge in [-0.25, -0.2) is 4.99 Å². The fourth-order valence-corrected chi connectivity index (χ4v) is 2.91. The molecule has 0 N–H and O–H groups in total. The SMILES string of the molecule is CCN(C)C=Nc1cc(C)c(C(=O)CN(C)c2ccccc2Cl)cc1C. The Kier molecular flexibility index (Phi) is 6.81. The van der Waals surface area contributed by atoms with Crippen LogP contribution >= 0.6 is 11.6 Å². The van der Waals surface area contributed by atoms with Gasteiger partial charge in [0.2, 0.25) is 0 Å². The normalized spacial score (nSPS) is 11.0. The van der Waals surface area contributed by atoms with Crippen LogP contribution in [0.4, 0.5) is 11.4 Å². The zero-order valence-corrected chi connectivity index (χ0v) is 16.8. The monoisotopic (exact) mass is 371 g/mol. The average Bonchev–Trinajstić information content (AvgIpc) is 2.61. The van der Waals surface area contributed by atoms with E-state index in [1.807, 2.05) is 80.5 Å². The van der Waals surface area contributed by atoms with E-state index in [4.69, 9.17) is 11.6 Å². The molecule has 26 heavy (non-hydrogen) atoms. The third kappa shape index (κ3) is 4.85. The zero-order valence-electron chi connectivity index (χ0n) is 16.1. The van der Waals surface area contributed by atoms with E-state index >= 15 is 0 Å². The number of carbonyl (C=O) groups is 1. The van der Waals surface area contributed by atoms with Crippen molar-refractivity contribution >= 4 is 35.1 Å². The minimum atomic E-state index is 0.0641. The van der Waals surface area contributed by atoms with Crippen LogP contribution in [0.3, 0.4) is 0 Å². The molecule has 0 unspecified atom stereocenters. The number of rotatable bonds is 7. The number of ketones is 1. The molecule has 2 aromatic carbocycles. The molecule has 0 bridgehead atoms. The van der Waals surface area contributed by atoms with E-state index < -0.39 is 0 Å². The zero-order chi connectivity index (χ0) is 19.3. The van der Waals surface area contributed by atoms with Gasteiger partial charge in [0.1, 0.15) is 0 Å². The molecule has 0 atom stereocenters. The summed E-state index contributed by atoms with van der Waals surface area (Å²) in [5.41, 5.74) is 4.38. The minimum absolute atomic E-state index is 0.0641. The Labute approximate surface area is 161 Å². The molecular weight excluding hydrogens is 346 g/mol. The van der Waals surface area contributed by atoms with Gasteiger partial charge in [-0.05, 0) is 56.2 Å². The summed E-state index contributed by atoms with van der Waals surface area (Å²) in [5.74, 6) is 0.0641. The lowest BCUT2D eigenvalue weighted by Crippen LogP contribution is -2.26. The largest absolute Gasteiger partial charge is 0.366 e. The van der Waals surface area contributed by atoms with Crippen LogP contribution < -0.4 is 4.90 Å². The summed E-state index contributed by atoms with van der Waals surface area (Å²) in [6.45, 7) is 7.16. The van der Waals surface area contributed by atoms with Crippen LogP contribution in [0, 0.1) is 13.8 Å². The second-order valence-electron chi connectivity index (χ2n) is 6.50. The summed E-state index contributed by atoms with van der Waals surface area (Å²) in [5, 5.41) is 0.639. The summed E-state index contributed by atoms with van der Waals surface area (Å²) in [4.78, 5) is 21.2. The van der Waals surface area contributed by atoms with E-state index in [2.05, 4.69) is 11.9 Å². The summed E-state index contributed by atoms with van der Waals surface area (Å²) < 4.78 is 0. The van der Waals surface area contributed by atoms with Gasteiger partial charge >= 0.3 is 0 Å². The number of halogens is 1. The molecule has 0 heterocycles. The Balaban J connectivity index is 2.20. The number of likely N-dealkylation sites (N-methyl/N-ethyl adjacent to an activating group) is 1. The highest BCUT2D eigenvalue weighted by Crippen LogP contribution is 2.26. The molecule has 0 amide bonds. The second-order valence-corrected chi connectivity index (χ2v) is 6.91. The number of hydrogen-bond donors (Lipinski definition) is 0. The van der Waals surface area contributed by atoms with Crippen LogP contribution in [-0.4, -0.2) is 44.2 Å². The van der Waals surface area contributed by atoms with E-state index in [1.165, 1.54) is 0 Å². The van der Waals surface area contributed by atoms with Crippen molar-refractivity contribution in [1.29, 1.82) is 0 Å². The van der Waals surface area contributed by atoms with E-state index in [0.29, 0.717) is 5.02 Å². The van der Waals surface area contributed by atoms with Crippen molar-refractivity contribution in [1.82, 2.24) is 4.90 Å². The van der Waals surface area contributed by atoms with Gasteiger partial charge in [0.05, 0.1) is 29.3 Å². The van der Waals surface area contributed by atoms with Gasteiger partial charge < -0.3 is 9.80 Å². The van der Waals surface area contributed by atoms with Crippen molar-refractivity contribution in [3.63, 3.8) is 0 Å². The number of aliphatic imine (C=N–C) groups is 1. The molecule has 0 aromatic heterocycles. The third-order valence-electron chi connectivity index (χ3n) is 4.38. The lowest BCUT2D eigenvalue weighted by atomic mass is 10.00. The summed E-state index contributed by atoms with van der Waals surface area (Å²) in [7, 11) is 3.86. The molecule has 0 aliphatic heterocycles. The van der Waals surface area contributed by atoms with Gasteiger partial charge in [0, 0.05) is 26.2 Å². The highest BCUT2D eigenvalue weighted by molar-refractivity contribution is 6.33. The maximum atomic E-state index is 12.8. The van der Waals surface area contributed by atoms with E-state index in [-0.39, 0.29) is 12.3 Å². The standard InChI is InChI=1S/C21H26ClN3O/c1-6-24(4)14-23-19-12-15(2)17(11-16(19)3)21(26)13-25(5)20-10-8-7-9-18(20)22/h7-12,14H,6,13H2,1-5H3. The fourth-order valence-electron chi connectivity index (χ4n) is 2.63. The quantitative estimate of drug-likeness (QED) is 0.395. The molecule has 5 heteroatoms. The summed E-state index contributed by atoms with van der Waals surface area (Å²) in [6, 6.07) is 11.4. The number of benzene rings is 2. The van der Waals surface area contributed by atoms with Crippen LogP contribution in [0.1, 0.15) is 28.4 Å². The number of aryl methyl sites for hydroxylation is 2. The lowest BCUT2D eigenvalue weighted by Gasteiger charge is -2.20. The van der Waals surface area contributed by atoms with Crippen molar-refractivity contribution < 1.29 is 4.79 Å². The van der Waals surface area contributed by atoms with Gasteiger partial charge in [0.15, 0.2) is 5.78 Å². The first kappa shape index (κ1) is 20.0. The highest BCUT2D eigenvalue weighted by Gasteiger charge is 2.15. The number of carbonyl (C=O) groups excluding carboxylic acids is 1. The average molecular weight is 372 g/mol. The van der Waals surface area contributed by atoms with Crippen LogP contribution in [0.2, 0.25) is 5.02 Å². The van der Waals surface area contributed by atoms with E-state index in [9.17, 15) is 4.79 Å². The van der Waals surface area contributed by atoms with Crippen LogP contribution in [-0.2, 0) is 0 Å². The first-order chi connectivity index (χ1) is 12.3. The maximum absolute atomic E-state index is 12.8. The molecule has 0 radical (unpaired) electrons. The second kappa shape index (κ2) is 8.86. The van der Waals surface area contributed by atoms with Gasteiger partial charge in [0.25, 0.3) is 0 Å². The third-order valence-corrected chi connectivity index (χ3v) is 4.70. The number of nitrogens with zero attached hydrogens (tertiary/aromatic N) is 3.